The van der Waals surface area contributed by atoms with Crippen LogP contribution in [0.3, 0.4) is 0 Å². The van der Waals surface area contributed by atoms with Crippen LogP contribution in [0, 0.1) is 13.8 Å². The van der Waals surface area contributed by atoms with Gasteiger partial charge < -0.3 is 24.5 Å². The molecule has 192 valence electrons. The van der Waals surface area contributed by atoms with E-state index in [2.05, 4.69) is 9.88 Å². The van der Waals surface area contributed by atoms with Crippen LogP contribution >= 0.6 is 11.6 Å². The van der Waals surface area contributed by atoms with E-state index in [1.807, 2.05) is 0 Å². The summed E-state index contributed by atoms with van der Waals surface area (Å²) >= 11 is 6.09. The molecular weight excluding hydrogens is 486 g/mol. The molecule has 0 radical (unpaired) electrons. The highest BCUT2D eigenvalue weighted by molar-refractivity contribution is 6.46. The Balaban J connectivity index is 1.78. The summed E-state index contributed by atoms with van der Waals surface area (Å²) < 4.78 is 10.5. The number of likely N-dealkylation sites (tertiary alicyclic amines) is 1. The molecule has 1 aromatic heterocycles. The topological polar surface area (TPSA) is 112 Å². The van der Waals surface area contributed by atoms with Crippen molar-refractivity contribution in [2.75, 3.05) is 46.0 Å². The van der Waals surface area contributed by atoms with E-state index in [0.717, 1.165) is 13.1 Å². The second-order valence-corrected chi connectivity index (χ2v) is 9.28. The predicted molar refractivity (Wildman–Crippen MR) is 134 cm³/mol. The van der Waals surface area contributed by atoms with Crippen molar-refractivity contribution in [3.05, 3.63) is 62.9 Å². The van der Waals surface area contributed by atoms with Crippen molar-refractivity contribution in [1.29, 1.82) is 0 Å². The Labute approximate surface area is 214 Å². The number of carbonyl (C=O) groups excluding carboxylic acids is 3. The molecular formula is C26H30ClN3O6. The van der Waals surface area contributed by atoms with Gasteiger partial charge in [-0.15, -0.1) is 0 Å². The Morgan fingerprint density at radius 2 is 1.83 bits per heavy atom. The zero-order valence-corrected chi connectivity index (χ0v) is 21.4. The molecule has 9 nitrogen and oxygen atoms in total. The first-order valence-corrected chi connectivity index (χ1v) is 12.3. The summed E-state index contributed by atoms with van der Waals surface area (Å²) in [4.78, 5) is 45.6. The third-order valence-corrected chi connectivity index (χ3v) is 6.89. The number of rotatable bonds is 7. The fraction of sp³-hybridized carbons (Fsp3) is 0.423. The van der Waals surface area contributed by atoms with E-state index in [4.69, 9.17) is 21.1 Å². The Bertz CT molecular complexity index is 1200. The summed E-state index contributed by atoms with van der Waals surface area (Å²) in [5.41, 5.74) is 2.06. The van der Waals surface area contributed by atoms with Crippen molar-refractivity contribution < 1.29 is 29.0 Å². The first-order chi connectivity index (χ1) is 17.2. The molecule has 4 rings (SSSR count). The van der Waals surface area contributed by atoms with Crippen LogP contribution in [0.15, 0.2) is 29.8 Å². The van der Waals surface area contributed by atoms with Gasteiger partial charge in [-0.2, -0.15) is 0 Å². The largest absolute Gasteiger partial charge is 0.507 e. The summed E-state index contributed by atoms with van der Waals surface area (Å²) in [7, 11) is 0. The Morgan fingerprint density at radius 3 is 2.47 bits per heavy atom. The number of morpholine rings is 1. The van der Waals surface area contributed by atoms with Gasteiger partial charge in [-0.1, -0.05) is 23.7 Å². The molecule has 2 aliphatic heterocycles. The van der Waals surface area contributed by atoms with Crippen LogP contribution in [0.5, 0.6) is 0 Å². The lowest BCUT2D eigenvalue weighted by molar-refractivity contribution is -0.140. The van der Waals surface area contributed by atoms with Crippen LogP contribution in [-0.2, 0) is 19.1 Å². The van der Waals surface area contributed by atoms with Crippen molar-refractivity contribution in [2.45, 2.75) is 26.8 Å². The molecule has 2 aromatic rings. The molecule has 3 heterocycles. The molecule has 36 heavy (non-hydrogen) atoms. The number of ether oxygens (including phenoxy) is 2. The minimum Gasteiger partial charge on any atom is -0.507 e. The second-order valence-electron chi connectivity index (χ2n) is 8.84. The van der Waals surface area contributed by atoms with Gasteiger partial charge in [0.1, 0.15) is 11.5 Å². The van der Waals surface area contributed by atoms with E-state index in [9.17, 15) is 19.5 Å². The van der Waals surface area contributed by atoms with E-state index in [1.54, 1.807) is 45.0 Å². The average Bonchev–Trinajstić information content (AvgIpc) is 3.30. The van der Waals surface area contributed by atoms with E-state index >= 15 is 0 Å². The zero-order chi connectivity index (χ0) is 26.0. The van der Waals surface area contributed by atoms with Crippen molar-refractivity contribution in [3.8, 4) is 0 Å². The quantitative estimate of drug-likeness (QED) is 0.252. The molecule has 1 amide bonds. The number of aryl methyl sites for hydroxylation is 1. The summed E-state index contributed by atoms with van der Waals surface area (Å²) in [6.45, 7) is 8.85. The van der Waals surface area contributed by atoms with Gasteiger partial charge in [-0.25, -0.2) is 4.79 Å². The number of benzene rings is 1. The Morgan fingerprint density at radius 1 is 1.17 bits per heavy atom. The predicted octanol–water partition coefficient (Wildman–Crippen LogP) is 3.22. The maximum absolute atomic E-state index is 13.3. The Hall–Kier alpha value is -3.14. The minimum absolute atomic E-state index is 0.0232. The molecule has 2 saturated heterocycles. The first-order valence-electron chi connectivity index (χ1n) is 11.9. The van der Waals surface area contributed by atoms with Crippen molar-refractivity contribution >= 4 is 35.0 Å². The fourth-order valence-electron chi connectivity index (χ4n) is 4.82. The van der Waals surface area contributed by atoms with Gasteiger partial charge >= 0.3 is 5.97 Å². The highest BCUT2D eigenvalue weighted by atomic mass is 35.5. The number of Topliss-reactive ketones (excluding diaryl/α,β-unsaturated/α-hetero) is 1. The number of nitrogens with zero attached hydrogens (tertiary/aromatic N) is 2. The van der Waals surface area contributed by atoms with Gasteiger partial charge in [0, 0.05) is 42.5 Å². The van der Waals surface area contributed by atoms with Crippen LogP contribution in [0.25, 0.3) is 5.76 Å². The molecule has 0 spiro atoms. The van der Waals surface area contributed by atoms with Crippen molar-refractivity contribution in [3.63, 3.8) is 0 Å². The monoisotopic (exact) mass is 515 g/mol. The number of H-pyrrole nitrogens is 1. The lowest BCUT2D eigenvalue weighted by Crippen LogP contribution is -2.42. The number of hydrogen-bond donors (Lipinski definition) is 2. The van der Waals surface area contributed by atoms with Crippen LogP contribution in [-0.4, -0.2) is 83.5 Å². The number of hydrogen-bond acceptors (Lipinski definition) is 7. The fourth-order valence-corrected chi connectivity index (χ4v) is 4.95. The average molecular weight is 516 g/mol. The molecule has 0 unspecified atom stereocenters. The number of ketones is 1. The van der Waals surface area contributed by atoms with E-state index in [0.29, 0.717) is 53.7 Å². The lowest BCUT2D eigenvalue weighted by Gasteiger charge is -2.31. The number of amides is 1. The van der Waals surface area contributed by atoms with Crippen molar-refractivity contribution in [2.24, 2.45) is 0 Å². The van der Waals surface area contributed by atoms with E-state index < -0.39 is 23.7 Å². The van der Waals surface area contributed by atoms with Gasteiger partial charge in [-0.3, -0.25) is 14.5 Å². The third kappa shape index (κ3) is 4.91. The number of aromatic amines is 1. The van der Waals surface area contributed by atoms with Crippen molar-refractivity contribution in [1.82, 2.24) is 14.8 Å². The van der Waals surface area contributed by atoms with E-state index in [1.165, 1.54) is 4.90 Å². The van der Waals surface area contributed by atoms with Gasteiger partial charge in [-0.05, 0) is 44.0 Å². The highest BCUT2D eigenvalue weighted by Gasteiger charge is 2.46. The number of carbonyl (C=O) groups is 3. The summed E-state index contributed by atoms with van der Waals surface area (Å²) in [6.07, 6.45) is 0. The molecule has 10 heteroatoms. The molecule has 2 aliphatic rings. The van der Waals surface area contributed by atoms with Crippen LogP contribution in [0.4, 0.5) is 0 Å². The SMILES string of the molecule is CCOC(=O)c1[nH]c(C)c(C(O)=C2C(=O)C(=O)N(CCN3CCOCC3)[C@@H]2c2ccc(Cl)cc2)c1C. The summed E-state index contributed by atoms with van der Waals surface area (Å²) in [5, 5.41) is 12.0. The third-order valence-electron chi connectivity index (χ3n) is 6.64. The minimum atomic E-state index is -0.803. The maximum Gasteiger partial charge on any atom is 0.355 e. The highest BCUT2D eigenvalue weighted by Crippen LogP contribution is 2.41. The normalized spacial score (nSPS) is 20.2. The molecule has 2 N–H and O–H groups in total. The number of esters is 1. The molecule has 1 atom stereocenters. The van der Waals surface area contributed by atoms with Crippen LogP contribution < -0.4 is 0 Å². The van der Waals surface area contributed by atoms with Gasteiger partial charge in [0.25, 0.3) is 11.7 Å². The standard InChI is InChI=1S/C26H30ClN3O6/c1-4-36-26(34)21-15(2)19(16(3)28-21)23(31)20-22(17-5-7-18(27)8-6-17)30(25(33)24(20)32)10-9-29-11-13-35-14-12-29/h5-8,22,28,31H,4,9-14H2,1-3H3/t22-/m1/s1. The zero-order valence-electron chi connectivity index (χ0n) is 20.6. The molecule has 0 bridgehead atoms. The number of nitrogens with one attached hydrogen (secondary N) is 1. The second kappa shape index (κ2) is 10.9. The van der Waals surface area contributed by atoms with Gasteiger partial charge in [0.2, 0.25) is 0 Å². The lowest BCUT2D eigenvalue weighted by atomic mass is 9.94. The number of aliphatic hydroxyl groups excluding tert-OH is 1. The number of halogens is 1. The van der Waals surface area contributed by atoms with Crippen LogP contribution in [0.2, 0.25) is 5.02 Å². The molecule has 2 fully saturated rings. The van der Waals surface area contributed by atoms with Crippen LogP contribution in [0.1, 0.15) is 45.8 Å². The maximum atomic E-state index is 13.3. The molecule has 1 aromatic carbocycles. The number of aromatic nitrogens is 1. The van der Waals surface area contributed by atoms with Gasteiger partial charge in [0.15, 0.2) is 0 Å². The summed E-state index contributed by atoms with van der Waals surface area (Å²) in [6, 6.07) is 6.06. The van der Waals surface area contributed by atoms with Gasteiger partial charge in [0.05, 0.1) is 31.4 Å². The molecule has 0 saturated carbocycles. The first kappa shape index (κ1) is 25.9. The summed E-state index contributed by atoms with van der Waals surface area (Å²) in [5.74, 6) is -2.34. The smallest absolute Gasteiger partial charge is 0.355 e. The number of aliphatic hydroxyl groups is 1. The Kier molecular flexibility index (Phi) is 7.82. The molecule has 0 aliphatic carbocycles. The van der Waals surface area contributed by atoms with E-state index in [-0.39, 0.29) is 23.6 Å².